The minimum Gasteiger partial charge on any atom is -0.495 e. The molecule has 0 amide bonds. The molecule has 148 valence electrons. The van der Waals surface area contributed by atoms with Crippen LogP contribution in [0.3, 0.4) is 0 Å². The van der Waals surface area contributed by atoms with E-state index in [1.807, 2.05) is 30.3 Å². The minimum atomic E-state index is -0.596. The standard InChI is InChI=1S/C24H17ClN2O3/c1-15-8-13-20(30-2)22-21(15)23(28)27(24(29)26-22)19-12-11-17(14-18(19)25)10-9-16-6-4-3-5-7-16/h3-8,11-14H,1-2H3,(H,26,29). The lowest BCUT2D eigenvalue weighted by atomic mass is 10.1. The summed E-state index contributed by atoms with van der Waals surface area (Å²) in [6.45, 7) is 1.80. The average Bonchev–Trinajstić information content (AvgIpc) is 2.74. The number of nitrogens with zero attached hydrogens (tertiary/aromatic N) is 1. The van der Waals surface area contributed by atoms with Gasteiger partial charge >= 0.3 is 5.69 Å². The first-order chi connectivity index (χ1) is 14.5. The molecule has 0 aliphatic heterocycles. The molecule has 3 aromatic carbocycles. The molecular formula is C24H17ClN2O3. The van der Waals surface area contributed by atoms with Crippen LogP contribution in [0.15, 0.2) is 70.3 Å². The fourth-order valence-electron chi connectivity index (χ4n) is 3.28. The second-order valence-electron chi connectivity index (χ2n) is 6.69. The lowest BCUT2D eigenvalue weighted by Gasteiger charge is -2.12. The first kappa shape index (κ1) is 19.6. The number of aromatic amines is 1. The van der Waals surface area contributed by atoms with E-state index in [-0.39, 0.29) is 10.7 Å². The largest absolute Gasteiger partial charge is 0.495 e. The van der Waals surface area contributed by atoms with Crippen LogP contribution < -0.4 is 16.0 Å². The van der Waals surface area contributed by atoms with Crippen molar-refractivity contribution in [3.05, 3.63) is 103 Å². The van der Waals surface area contributed by atoms with Gasteiger partial charge < -0.3 is 9.72 Å². The third kappa shape index (κ3) is 3.49. The number of aryl methyl sites for hydroxylation is 1. The Kier molecular flexibility index (Phi) is 5.18. The molecule has 0 spiro atoms. The van der Waals surface area contributed by atoms with Gasteiger partial charge in [-0.25, -0.2) is 9.36 Å². The van der Waals surface area contributed by atoms with Gasteiger partial charge in [0.1, 0.15) is 5.75 Å². The van der Waals surface area contributed by atoms with Crippen molar-refractivity contribution in [2.24, 2.45) is 0 Å². The third-order valence-corrected chi connectivity index (χ3v) is 5.06. The van der Waals surface area contributed by atoms with Crippen LogP contribution in [0.5, 0.6) is 5.75 Å². The second kappa shape index (κ2) is 7.94. The number of aromatic nitrogens is 2. The minimum absolute atomic E-state index is 0.252. The van der Waals surface area contributed by atoms with Gasteiger partial charge in [-0.1, -0.05) is 47.7 Å². The fraction of sp³-hybridized carbons (Fsp3) is 0.0833. The molecule has 5 nitrogen and oxygen atoms in total. The van der Waals surface area contributed by atoms with Crippen LogP contribution in [0.4, 0.5) is 0 Å². The zero-order valence-corrected chi connectivity index (χ0v) is 17.1. The molecule has 0 aliphatic carbocycles. The summed E-state index contributed by atoms with van der Waals surface area (Å²) in [5.74, 6) is 6.52. The summed E-state index contributed by atoms with van der Waals surface area (Å²) in [6.07, 6.45) is 0. The summed E-state index contributed by atoms with van der Waals surface area (Å²) < 4.78 is 6.31. The molecule has 1 aromatic heterocycles. The van der Waals surface area contributed by atoms with Crippen LogP contribution >= 0.6 is 11.6 Å². The van der Waals surface area contributed by atoms with Gasteiger partial charge in [-0.2, -0.15) is 0 Å². The normalized spacial score (nSPS) is 10.5. The van der Waals surface area contributed by atoms with Crippen LogP contribution in [0.1, 0.15) is 16.7 Å². The molecule has 0 unspecified atom stereocenters. The van der Waals surface area contributed by atoms with Crippen LogP contribution in [-0.4, -0.2) is 16.7 Å². The van der Waals surface area contributed by atoms with Gasteiger partial charge in [-0.05, 0) is 48.9 Å². The summed E-state index contributed by atoms with van der Waals surface area (Å²) in [6, 6.07) is 18.0. The summed E-state index contributed by atoms with van der Waals surface area (Å²) in [5, 5.41) is 0.625. The molecule has 4 rings (SSSR count). The lowest BCUT2D eigenvalue weighted by Crippen LogP contribution is -2.34. The highest BCUT2D eigenvalue weighted by Crippen LogP contribution is 2.24. The number of fused-ring (bicyclic) bond motifs is 1. The summed E-state index contributed by atoms with van der Waals surface area (Å²) in [4.78, 5) is 28.7. The Labute approximate surface area is 177 Å². The Bertz CT molecular complexity index is 1440. The van der Waals surface area contributed by atoms with Gasteiger partial charge in [0.25, 0.3) is 5.56 Å². The van der Waals surface area contributed by atoms with Crippen LogP contribution in [0.2, 0.25) is 5.02 Å². The number of methoxy groups -OCH3 is 1. The Balaban J connectivity index is 1.85. The fourth-order valence-corrected chi connectivity index (χ4v) is 3.54. The molecule has 4 aromatic rings. The first-order valence-corrected chi connectivity index (χ1v) is 9.57. The lowest BCUT2D eigenvalue weighted by molar-refractivity contribution is 0.418. The summed E-state index contributed by atoms with van der Waals surface area (Å²) in [5.41, 5.74) is 1.88. The zero-order valence-electron chi connectivity index (χ0n) is 16.3. The van der Waals surface area contributed by atoms with Gasteiger partial charge in [-0.3, -0.25) is 4.79 Å². The molecule has 6 heteroatoms. The number of H-pyrrole nitrogens is 1. The molecule has 0 radical (unpaired) electrons. The van der Waals surface area contributed by atoms with E-state index in [0.717, 1.165) is 15.7 Å². The average molecular weight is 417 g/mol. The van der Waals surface area contributed by atoms with E-state index < -0.39 is 11.2 Å². The predicted molar refractivity (Wildman–Crippen MR) is 119 cm³/mol. The van der Waals surface area contributed by atoms with E-state index in [2.05, 4.69) is 16.8 Å². The Morgan fingerprint density at radius 3 is 2.40 bits per heavy atom. The van der Waals surface area contributed by atoms with E-state index in [9.17, 15) is 9.59 Å². The number of hydrogen-bond acceptors (Lipinski definition) is 3. The van der Waals surface area contributed by atoms with Gasteiger partial charge in [-0.15, -0.1) is 0 Å². The SMILES string of the molecule is COc1ccc(C)c2c(=O)n(-c3ccc(C#Cc4ccccc4)cc3Cl)c(=O)[nH]c12. The van der Waals surface area contributed by atoms with Gasteiger partial charge in [0.05, 0.1) is 28.7 Å². The maximum absolute atomic E-state index is 13.2. The van der Waals surface area contributed by atoms with Crippen molar-refractivity contribution in [3.8, 4) is 23.3 Å². The predicted octanol–water partition coefficient (Wildman–Crippen LogP) is 4.05. The molecule has 0 bridgehead atoms. The quantitative estimate of drug-likeness (QED) is 0.501. The van der Waals surface area contributed by atoms with Crippen molar-refractivity contribution in [3.63, 3.8) is 0 Å². The maximum Gasteiger partial charge on any atom is 0.333 e. The zero-order chi connectivity index (χ0) is 21.3. The van der Waals surface area contributed by atoms with Crippen LogP contribution in [0.25, 0.3) is 16.6 Å². The molecule has 0 aliphatic rings. The van der Waals surface area contributed by atoms with Gasteiger partial charge in [0, 0.05) is 11.1 Å². The van der Waals surface area contributed by atoms with Crippen molar-refractivity contribution < 1.29 is 4.74 Å². The molecular weight excluding hydrogens is 400 g/mol. The van der Waals surface area contributed by atoms with Crippen molar-refractivity contribution in [2.75, 3.05) is 7.11 Å². The summed E-state index contributed by atoms with van der Waals surface area (Å²) >= 11 is 6.43. The van der Waals surface area contributed by atoms with E-state index in [1.165, 1.54) is 7.11 Å². The monoisotopic (exact) mass is 416 g/mol. The smallest absolute Gasteiger partial charge is 0.333 e. The molecule has 1 heterocycles. The molecule has 30 heavy (non-hydrogen) atoms. The summed E-state index contributed by atoms with van der Waals surface area (Å²) in [7, 11) is 1.49. The number of halogens is 1. The highest BCUT2D eigenvalue weighted by Gasteiger charge is 2.16. The van der Waals surface area contributed by atoms with Crippen molar-refractivity contribution >= 4 is 22.5 Å². The van der Waals surface area contributed by atoms with E-state index in [0.29, 0.717) is 22.2 Å². The molecule has 1 N–H and O–H groups in total. The second-order valence-corrected chi connectivity index (χ2v) is 7.09. The van der Waals surface area contributed by atoms with E-state index in [1.54, 1.807) is 37.3 Å². The van der Waals surface area contributed by atoms with Crippen LogP contribution in [0, 0.1) is 18.8 Å². The first-order valence-electron chi connectivity index (χ1n) is 9.19. The van der Waals surface area contributed by atoms with Gasteiger partial charge in [0.15, 0.2) is 0 Å². The number of benzene rings is 3. The van der Waals surface area contributed by atoms with Crippen molar-refractivity contribution in [1.82, 2.24) is 9.55 Å². The topological polar surface area (TPSA) is 64.1 Å². The molecule has 0 saturated carbocycles. The molecule has 0 fully saturated rings. The number of hydrogen-bond donors (Lipinski definition) is 1. The Morgan fingerprint density at radius 2 is 1.70 bits per heavy atom. The maximum atomic E-state index is 13.2. The Morgan fingerprint density at radius 1 is 0.967 bits per heavy atom. The number of rotatable bonds is 2. The molecule has 0 atom stereocenters. The third-order valence-electron chi connectivity index (χ3n) is 4.76. The van der Waals surface area contributed by atoms with Gasteiger partial charge in [0.2, 0.25) is 0 Å². The van der Waals surface area contributed by atoms with E-state index >= 15 is 0 Å². The Hall–Kier alpha value is -3.75. The van der Waals surface area contributed by atoms with Crippen LogP contribution in [-0.2, 0) is 0 Å². The number of ether oxygens (including phenoxy) is 1. The molecule has 0 saturated heterocycles. The van der Waals surface area contributed by atoms with E-state index in [4.69, 9.17) is 16.3 Å². The van der Waals surface area contributed by atoms with Crippen molar-refractivity contribution in [1.29, 1.82) is 0 Å². The number of nitrogens with one attached hydrogen (secondary N) is 1. The highest BCUT2D eigenvalue weighted by molar-refractivity contribution is 6.32. The van der Waals surface area contributed by atoms with Crippen molar-refractivity contribution in [2.45, 2.75) is 6.92 Å². The highest BCUT2D eigenvalue weighted by atomic mass is 35.5.